The minimum absolute atomic E-state index is 0.187. The highest BCUT2D eigenvalue weighted by atomic mass is 16.4. The summed E-state index contributed by atoms with van der Waals surface area (Å²) in [6, 6.07) is 5.38. The molecule has 1 aromatic heterocycles. The minimum atomic E-state index is -0.617. The first kappa shape index (κ1) is 17.1. The summed E-state index contributed by atoms with van der Waals surface area (Å²) in [6.45, 7) is 5.93. The van der Waals surface area contributed by atoms with E-state index < -0.39 is 6.10 Å². The monoisotopic (exact) mass is 320 g/mol. The predicted octanol–water partition coefficient (Wildman–Crippen LogP) is 2.42. The maximum absolute atomic E-state index is 11.9. The molecule has 0 aliphatic rings. The molecule has 126 valence electrons. The van der Waals surface area contributed by atoms with Gasteiger partial charge in [-0.3, -0.25) is 0 Å². The molecular weight excluding hydrogens is 296 g/mol. The fourth-order valence-corrected chi connectivity index (χ4v) is 1.86. The van der Waals surface area contributed by atoms with Gasteiger partial charge in [0.2, 0.25) is 0 Å². The Labute approximate surface area is 135 Å². The summed E-state index contributed by atoms with van der Waals surface area (Å²) in [5, 5.41) is 15.3. The molecule has 7 nitrogen and oxygen atoms in total. The Bertz CT molecular complexity index is 688. The molecule has 0 fully saturated rings. The van der Waals surface area contributed by atoms with Gasteiger partial charge in [0.1, 0.15) is 5.52 Å². The molecule has 0 bridgehead atoms. The SMILES string of the molecule is CN(C)c1nc2cc(NC(=O)NCC(O)C(C)(C)C)ccc2o1. The number of aliphatic hydroxyl groups excluding tert-OH is 1. The Morgan fingerprint density at radius 1 is 1.39 bits per heavy atom. The number of aromatic nitrogens is 1. The molecule has 0 radical (unpaired) electrons. The van der Waals surface area contributed by atoms with Crippen molar-refractivity contribution in [2.24, 2.45) is 5.41 Å². The molecular formula is C16H24N4O3. The number of anilines is 2. The fourth-order valence-electron chi connectivity index (χ4n) is 1.86. The Balaban J connectivity index is 1.99. The zero-order chi connectivity index (χ0) is 17.2. The van der Waals surface area contributed by atoms with Gasteiger partial charge in [-0.25, -0.2) is 4.79 Å². The van der Waals surface area contributed by atoms with Gasteiger partial charge >= 0.3 is 6.03 Å². The lowest BCUT2D eigenvalue weighted by Gasteiger charge is -2.25. The number of hydrogen-bond donors (Lipinski definition) is 3. The summed E-state index contributed by atoms with van der Waals surface area (Å²) in [5.41, 5.74) is 1.65. The summed E-state index contributed by atoms with van der Waals surface area (Å²) in [4.78, 5) is 18.0. The minimum Gasteiger partial charge on any atom is -0.423 e. The smallest absolute Gasteiger partial charge is 0.319 e. The summed E-state index contributed by atoms with van der Waals surface area (Å²) >= 11 is 0. The van der Waals surface area contributed by atoms with E-state index in [0.717, 1.165) is 0 Å². The van der Waals surface area contributed by atoms with Gasteiger partial charge in [0, 0.05) is 26.3 Å². The van der Waals surface area contributed by atoms with E-state index in [9.17, 15) is 9.90 Å². The average Bonchev–Trinajstić information content (AvgIpc) is 2.87. The first-order valence-electron chi connectivity index (χ1n) is 7.47. The van der Waals surface area contributed by atoms with E-state index in [1.54, 1.807) is 23.1 Å². The summed E-state index contributed by atoms with van der Waals surface area (Å²) in [6.07, 6.45) is -0.617. The molecule has 1 heterocycles. The highest BCUT2D eigenvalue weighted by molar-refractivity contribution is 5.91. The second-order valence-electron chi connectivity index (χ2n) is 6.79. The highest BCUT2D eigenvalue weighted by Crippen LogP contribution is 2.23. The van der Waals surface area contributed by atoms with Gasteiger partial charge in [-0.1, -0.05) is 20.8 Å². The Morgan fingerprint density at radius 2 is 2.09 bits per heavy atom. The Kier molecular flexibility index (Phi) is 4.79. The number of oxazole rings is 1. The number of hydrogen-bond acceptors (Lipinski definition) is 5. The lowest BCUT2D eigenvalue weighted by molar-refractivity contribution is 0.0654. The maximum Gasteiger partial charge on any atom is 0.319 e. The van der Waals surface area contributed by atoms with Crippen LogP contribution in [0.5, 0.6) is 0 Å². The molecule has 2 amide bonds. The average molecular weight is 320 g/mol. The molecule has 2 rings (SSSR count). The summed E-state index contributed by atoms with van der Waals surface area (Å²) in [7, 11) is 3.69. The number of benzene rings is 1. The van der Waals surface area contributed by atoms with Crippen molar-refractivity contribution in [1.29, 1.82) is 0 Å². The quantitative estimate of drug-likeness (QED) is 0.805. The fraction of sp³-hybridized carbons (Fsp3) is 0.500. The van der Waals surface area contributed by atoms with Crippen molar-refractivity contribution in [3.63, 3.8) is 0 Å². The van der Waals surface area contributed by atoms with Crippen LogP contribution >= 0.6 is 0 Å². The van der Waals surface area contributed by atoms with Gasteiger partial charge in [0.15, 0.2) is 5.58 Å². The highest BCUT2D eigenvalue weighted by Gasteiger charge is 2.22. The molecule has 0 saturated heterocycles. The number of nitrogens with one attached hydrogen (secondary N) is 2. The number of rotatable bonds is 4. The van der Waals surface area contributed by atoms with Crippen LogP contribution < -0.4 is 15.5 Å². The topological polar surface area (TPSA) is 90.6 Å². The van der Waals surface area contributed by atoms with Crippen LogP contribution in [0.25, 0.3) is 11.1 Å². The van der Waals surface area contributed by atoms with Crippen molar-refractivity contribution in [3.8, 4) is 0 Å². The van der Waals surface area contributed by atoms with Crippen LogP contribution in [-0.2, 0) is 0 Å². The molecule has 1 atom stereocenters. The van der Waals surface area contributed by atoms with Crippen molar-refractivity contribution in [1.82, 2.24) is 10.3 Å². The second kappa shape index (κ2) is 6.45. The van der Waals surface area contributed by atoms with Crippen LogP contribution in [0.2, 0.25) is 0 Å². The molecule has 1 unspecified atom stereocenters. The number of aliphatic hydroxyl groups is 1. The number of amides is 2. The van der Waals surface area contributed by atoms with E-state index in [-0.39, 0.29) is 18.0 Å². The predicted molar refractivity (Wildman–Crippen MR) is 90.8 cm³/mol. The van der Waals surface area contributed by atoms with E-state index >= 15 is 0 Å². The van der Waals surface area contributed by atoms with Crippen molar-refractivity contribution in [2.75, 3.05) is 30.9 Å². The Hall–Kier alpha value is -2.28. The maximum atomic E-state index is 11.9. The van der Waals surface area contributed by atoms with Gasteiger partial charge in [-0.05, 0) is 23.6 Å². The lowest BCUT2D eigenvalue weighted by Crippen LogP contribution is -2.40. The number of carbonyl (C=O) groups excluding carboxylic acids is 1. The van der Waals surface area contributed by atoms with Crippen molar-refractivity contribution < 1.29 is 14.3 Å². The molecule has 0 saturated carbocycles. The first-order valence-corrected chi connectivity index (χ1v) is 7.47. The molecule has 23 heavy (non-hydrogen) atoms. The van der Waals surface area contributed by atoms with Crippen molar-refractivity contribution in [2.45, 2.75) is 26.9 Å². The van der Waals surface area contributed by atoms with E-state index in [4.69, 9.17) is 4.42 Å². The molecule has 1 aromatic carbocycles. The van der Waals surface area contributed by atoms with Gasteiger partial charge in [-0.2, -0.15) is 4.98 Å². The third-order valence-corrected chi connectivity index (χ3v) is 3.47. The molecule has 0 spiro atoms. The van der Waals surface area contributed by atoms with Gasteiger partial charge < -0.3 is 25.1 Å². The molecule has 7 heteroatoms. The normalized spacial score (nSPS) is 13.0. The van der Waals surface area contributed by atoms with Crippen LogP contribution in [-0.4, -0.2) is 42.9 Å². The zero-order valence-corrected chi connectivity index (χ0v) is 14.2. The molecule has 3 N–H and O–H groups in total. The largest absolute Gasteiger partial charge is 0.423 e. The van der Waals surface area contributed by atoms with Gasteiger partial charge in [0.25, 0.3) is 6.01 Å². The van der Waals surface area contributed by atoms with Crippen LogP contribution in [0.4, 0.5) is 16.5 Å². The van der Waals surface area contributed by atoms with Crippen molar-refractivity contribution >= 4 is 28.8 Å². The van der Waals surface area contributed by atoms with Crippen molar-refractivity contribution in [3.05, 3.63) is 18.2 Å². The van der Waals surface area contributed by atoms with Gasteiger partial charge in [0.05, 0.1) is 6.10 Å². The molecule has 0 aliphatic carbocycles. The number of urea groups is 1. The number of carbonyl (C=O) groups is 1. The third kappa shape index (κ3) is 4.35. The standard InChI is InChI=1S/C16H24N4O3/c1-16(2,3)13(21)9-17-14(22)18-10-6-7-12-11(8-10)19-15(23-12)20(4)5/h6-8,13,21H,9H2,1-5H3,(H2,17,18,22). The van der Waals surface area contributed by atoms with Crippen LogP contribution in [0.15, 0.2) is 22.6 Å². The van der Waals surface area contributed by atoms with Crippen LogP contribution in [0.3, 0.4) is 0 Å². The van der Waals surface area contributed by atoms with Crippen LogP contribution in [0.1, 0.15) is 20.8 Å². The van der Waals surface area contributed by atoms with E-state index in [0.29, 0.717) is 22.8 Å². The number of fused-ring (bicyclic) bond motifs is 1. The first-order chi connectivity index (χ1) is 10.7. The zero-order valence-electron chi connectivity index (χ0n) is 14.2. The van der Waals surface area contributed by atoms with E-state index in [1.807, 2.05) is 34.9 Å². The van der Waals surface area contributed by atoms with Gasteiger partial charge in [-0.15, -0.1) is 0 Å². The molecule has 2 aromatic rings. The summed E-state index contributed by atoms with van der Waals surface area (Å²) < 4.78 is 5.56. The van der Waals surface area contributed by atoms with Crippen LogP contribution in [0, 0.1) is 5.41 Å². The third-order valence-electron chi connectivity index (χ3n) is 3.47. The second-order valence-corrected chi connectivity index (χ2v) is 6.79. The summed E-state index contributed by atoms with van der Waals surface area (Å²) in [5.74, 6) is 0. The molecule has 0 aliphatic heterocycles. The lowest BCUT2D eigenvalue weighted by atomic mass is 9.89. The number of nitrogens with zero attached hydrogens (tertiary/aromatic N) is 2. The van der Waals surface area contributed by atoms with E-state index in [1.165, 1.54) is 0 Å². The Morgan fingerprint density at radius 3 is 2.70 bits per heavy atom. The van der Waals surface area contributed by atoms with E-state index in [2.05, 4.69) is 15.6 Å².